The van der Waals surface area contributed by atoms with Gasteiger partial charge < -0.3 is 5.32 Å². The van der Waals surface area contributed by atoms with Gasteiger partial charge in [0.2, 0.25) is 0 Å². The average molecular weight is 253 g/mol. The van der Waals surface area contributed by atoms with Gasteiger partial charge in [-0.05, 0) is 35.9 Å². The molecule has 0 aromatic heterocycles. The van der Waals surface area contributed by atoms with Crippen LogP contribution in [0.25, 0.3) is 0 Å². The lowest BCUT2D eigenvalue weighted by molar-refractivity contribution is 0.490. The van der Waals surface area contributed by atoms with Crippen molar-refractivity contribution in [2.45, 2.75) is 39.7 Å². The van der Waals surface area contributed by atoms with Crippen molar-refractivity contribution in [2.75, 3.05) is 6.54 Å². The van der Waals surface area contributed by atoms with E-state index in [1.54, 1.807) is 0 Å². The number of hydrogen-bond donors (Lipinski definition) is 1. The normalized spacial score (nSPS) is 25.5. The molecule has 1 aliphatic carbocycles. The van der Waals surface area contributed by atoms with Crippen molar-refractivity contribution in [1.29, 1.82) is 0 Å². The molecule has 0 radical (unpaired) electrons. The van der Waals surface area contributed by atoms with Crippen LogP contribution in [0.4, 0.5) is 8.78 Å². The molecule has 0 bridgehead atoms. The summed E-state index contributed by atoms with van der Waals surface area (Å²) in [5.41, 5.74) is 0.225. The van der Waals surface area contributed by atoms with Crippen molar-refractivity contribution >= 4 is 0 Å². The van der Waals surface area contributed by atoms with Gasteiger partial charge in [0, 0.05) is 11.6 Å². The van der Waals surface area contributed by atoms with Crippen LogP contribution in [0.2, 0.25) is 0 Å². The van der Waals surface area contributed by atoms with Crippen LogP contribution in [0, 0.1) is 23.0 Å². The highest BCUT2D eigenvalue weighted by Crippen LogP contribution is 2.64. The molecule has 1 saturated carbocycles. The third-order valence-corrected chi connectivity index (χ3v) is 4.11. The van der Waals surface area contributed by atoms with Crippen LogP contribution in [0.15, 0.2) is 18.2 Å². The fourth-order valence-corrected chi connectivity index (χ4v) is 2.87. The maximum atomic E-state index is 13.8. The Bertz CT molecular complexity index is 420. The average Bonchev–Trinajstić information content (AvgIpc) is 2.77. The molecular formula is C15H21F2N. The fraction of sp³-hybridized carbons (Fsp3) is 0.600. The second-order valence-corrected chi connectivity index (χ2v) is 6.10. The van der Waals surface area contributed by atoms with Gasteiger partial charge in [-0.2, -0.15) is 0 Å². The van der Waals surface area contributed by atoms with Crippen molar-refractivity contribution in [3.05, 3.63) is 35.4 Å². The van der Waals surface area contributed by atoms with E-state index in [2.05, 4.69) is 33.0 Å². The van der Waals surface area contributed by atoms with Crippen LogP contribution < -0.4 is 5.32 Å². The SMILES string of the molecule is CC(C)NCC1C(c2c(F)cccc2F)C1(C)C. The molecule has 0 amide bonds. The Morgan fingerprint density at radius 3 is 2.28 bits per heavy atom. The highest BCUT2D eigenvalue weighted by Gasteiger charge is 2.59. The van der Waals surface area contributed by atoms with Gasteiger partial charge in [0.15, 0.2) is 0 Å². The summed E-state index contributed by atoms with van der Waals surface area (Å²) in [5.74, 6) is -0.559. The van der Waals surface area contributed by atoms with Crippen LogP contribution in [-0.2, 0) is 0 Å². The van der Waals surface area contributed by atoms with E-state index in [0.717, 1.165) is 6.54 Å². The van der Waals surface area contributed by atoms with Crippen molar-refractivity contribution < 1.29 is 8.78 Å². The van der Waals surface area contributed by atoms with Crippen LogP contribution in [-0.4, -0.2) is 12.6 Å². The molecule has 1 aromatic carbocycles. The van der Waals surface area contributed by atoms with E-state index in [0.29, 0.717) is 12.0 Å². The van der Waals surface area contributed by atoms with Crippen LogP contribution >= 0.6 is 0 Å². The van der Waals surface area contributed by atoms with Gasteiger partial charge in [0.1, 0.15) is 11.6 Å². The van der Waals surface area contributed by atoms with Crippen molar-refractivity contribution in [1.82, 2.24) is 5.32 Å². The van der Waals surface area contributed by atoms with Crippen LogP contribution in [0.5, 0.6) is 0 Å². The molecule has 0 aliphatic heterocycles. The van der Waals surface area contributed by atoms with Gasteiger partial charge in [0.25, 0.3) is 0 Å². The third kappa shape index (κ3) is 2.28. The number of halogens is 2. The minimum atomic E-state index is -0.417. The van der Waals surface area contributed by atoms with Gasteiger partial charge in [-0.15, -0.1) is 0 Å². The standard InChI is InChI=1S/C15H21F2N/c1-9(2)18-8-10-14(15(10,3)4)13-11(16)6-5-7-12(13)17/h5-7,9-10,14,18H,8H2,1-4H3. The summed E-state index contributed by atoms with van der Waals surface area (Å²) < 4.78 is 27.6. The van der Waals surface area contributed by atoms with E-state index in [4.69, 9.17) is 0 Å². The first kappa shape index (κ1) is 13.5. The number of rotatable bonds is 4. The van der Waals surface area contributed by atoms with Crippen molar-refractivity contribution in [2.24, 2.45) is 11.3 Å². The maximum Gasteiger partial charge on any atom is 0.129 e. The molecule has 2 rings (SSSR count). The van der Waals surface area contributed by atoms with Gasteiger partial charge in [-0.3, -0.25) is 0 Å². The van der Waals surface area contributed by atoms with Crippen LogP contribution in [0.3, 0.4) is 0 Å². The summed E-state index contributed by atoms with van der Waals surface area (Å²) in [4.78, 5) is 0. The molecule has 100 valence electrons. The summed E-state index contributed by atoms with van der Waals surface area (Å²) in [5, 5.41) is 3.36. The Morgan fingerprint density at radius 2 is 1.78 bits per heavy atom. The Kier molecular flexibility index (Phi) is 3.45. The highest BCUT2D eigenvalue weighted by atomic mass is 19.1. The van der Waals surface area contributed by atoms with E-state index in [9.17, 15) is 8.78 Å². The summed E-state index contributed by atoms with van der Waals surface area (Å²) in [7, 11) is 0. The summed E-state index contributed by atoms with van der Waals surface area (Å²) >= 11 is 0. The monoisotopic (exact) mass is 253 g/mol. The van der Waals surface area contributed by atoms with E-state index in [1.807, 2.05) is 0 Å². The Hall–Kier alpha value is -0.960. The molecule has 1 nitrogen and oxygen atoms in total. The Labute approximate surface area is 108 Å². The van der Waals surface area contributed by atoms with Crippen molar-refractivity contribution in [3.8, 4) is 0 Å². The highest BCUT2D eigenvalue weighted by molar-refractivity contribution is 5.34. The minimum absolute atomic E-state index is 0.0232. The first-order valence-electron chi connectivity index (χ1n) is 6.53. The van der Waals surface area contributed by atoms with Gasteiger partial charge >= 0.3 is 0 Å². The molecule has 1 N–H and O–H groups in total. The molecule has 1 aromatic rings. The maximum absolute atomic E-state index is 13.8. The summed E-state index contributed by atoms with van der Waals surface area (Å²) in [6.07, 6.45) is 0. The lowest BCUT2D eigenvalue weighted by Gasteiger charge is -2.08. The lowest BCUT2D eigenvalue weighted by atomic mass is 10.0. The second kappa shape index (κ2) is 4.61. The van der Waals surface area contributed by atoms with Crippen molar-refractivity contribution in [3.63, 3.8) is 0 Å². The molecule has 3 heteroatoms. The predicted molar refractivity (Wildman–Crippen MR) is 69.5 cm³/mol. The van der Waals surface area contributed by atoms with E-state index < -0.39 is 11.6 Å². The Morgan fingerprint density at radius 1 is 1.22 bits per heavy atom. The second-order valence-electron chi connectivity index (χ2n) is 6.10. The van der Waals surface area contributed by atoms with Crippen LogP contribution in [0.1, 0.15) is 39.2 Å². The number of hydrogen-bond acceptors (Lipinski definition) is 1. The summed E-state index contributed by atoms with van der Waals surface area (Å²) in [6.45, 7) is 9.12. The van der Waals surface area contributed by atoms with E-state index >= 15 is 0 Å². The summed E-state index contributed by atoms with van der Waals surface area (Å²) in [6, 6.07) is 4.51. The lowest BCUT2D eigenvalue weighted by Crippen LogP contribution is -2.26. The zero-order valence-electron chi connectivity index (χ0n) is 11.4. The zero-order chi connectivity index (χ0) is 13.5. The topological polar surface area (TPSA) is 12.0 Å². The smallest absolute Gasteiger partial charge is 0.129 e. The van der Waals surface area contributed by atoms with Gasteiger partial charge in [-0.25, -0.2) is 8.78 Å². The van der Waals surface area contributed by atoms with Gasteiger partial charge in [-0.1, -0.05) is 33.8 Å². The van der Waals surface area contributed by atoms with E-state index in [1.165, 1.54) is 18.2 Å². The van der Waals surface area contributed by atoms with E-state index in [-0.39, 0.29) is 16.9 Å². The Balaban J connectivity index is 2.19. The first-order chi connectivity index (χ1) is 8.35. The number of benzene rings is 1. The fourth-order valence-electron chi connectivity index (χ4n) is 2.87. The molecule has 18 heavy (non-hydrogen) atoms. The molecule has 2 atom stereocenters. The molecule has 0 saturated heterocycles. The molecule has 0 heterocycles. The molecule has 1 aliphatic rings. The van der Waals surface area contributed by atoms with Gasteiger partial charge in [0.05, 0.1) is 0 Å². The minimum Gasteiger partial charge on any atom is -0.314 e. The molecule has 2 unspecified atom stereocenters. The largest absolute Gasteiger partial charge is 0.314 e. The number of nitrogens with one attached hydrogen (secondary N) is 1. The third-order valence-electron chi connectivity index (χ3n) is 4.11. The zero-order valence-corrected chi connectivity index (χ0v) is 11.4. The quantitative estimate of drug-likeness (QED) is 0.862. The molecule has 1 fully saturated rings. The molecular weight excluding hydrogens is 232 g/mol. The molecule has 0 spiro atoms. The first-order valence-corrected chi connectivity index (χ1v) is 6.53. The predicted octanol–water partition coefficient (Wildman–Crippen LogP) is 3.70.